The predicted molar refractivity (Wildman–Crippen MR) is 112 cm³/mol. The summed E-state index contributed by atoms with van der Waals surface area (Å²) in [6.45, 7) is 4.83. The van der Waals surface area contributed by atoms with Crippen molar-refractivity contribution in [3.8, 4) is 0 Å². The van der Waals surface area contributed by atoms with Crippen molar-refractivity contribution in [1.82, 2.24) is 10.2 Å². The normalized spacial score (nSPS) is 11.7. The van der Waals surface area contributed by atoms with Crippen LogP contribution in [-0.4, -0.2) is 29.3 Å². The van der Waals surface area contributed by atoms with Crippen molar-refractivity contribution in [2.45, 2.75) is 45.7 Å². The molecule has 1 atom stereocenters. The SMILES string of the molecule is CCCNC(=O)[C@H](C)N(Cc1cccc(Br)c1)C(=O)CCc1ccccc1. The van der Waals surface area contributed by atoms with Crippen LogP contribution in [0, 0.1) is 0 Å². The lowest BCUT2D eigenvalue weighted by atomic mass is 10.1. The van der Waals surface area contributed by atoms with Gasteiger partial charge in [-0.3, -0.25) is 9.59 Å². The Morgan fingerprint density at radius 1 is 1.07 bits per heavy atom. The molecule has 0 bridgehead atoms. The number of hydrogen-bond donors (Lipinski definition) is 1. The number of nitrogens with one attached hydrogen (secondary N) is 1. The third-order valence-electron chi connectivity index (χ3n) is 4.43. The first-order valence-corrected chi connectivity index (χ1v) is 10.2. The highest BCUT2D eigenvalue weighted by Gasteiger charge is 2.25. The van der Waals surface area contributed by atoms with Crippen LogP contribution in [0.2, 0.25) is 0 Å². The highest BCUT2D eigenvalue weighted by molar-refractivity contribution is 9.10. The fraction of sp³-hybridized carbons (Fsp3) is 0.364. The molecule has 0 fully saturated rings. The maximum Gasteiger partial charge on any atom is 0.242 e. The van der Waals surface area contributed by atoms with Gasteiger partial charge in [0.25, 0.3) is 0 Å². The van der Waals surface area contributed by atoms with E-state index in [-0.39, 0.29) is 11.8 Å². The maximum atomic E-state index is 13.0. The molecule has 0 radical (unpaired) electrons. The van der Waals surface area contributed by atoms with E-state index < -0.39 is 6.04 Å². The smallest absolute Gasteiger partial charge is 0.242 e. The molecule has 0 aliphatic rings. The fourth-order valence-electron chi connectivity index (χ4n) is 2.85. The summed E-state index contributed by atoms with van der Waals surface area (Å²) in [6.07, 6.45) is 1.91. The number of carbonyl (C=O) groups is 2. The molecule has 144 valence electrons. The molecule has 0 heterocycles. The monoisotopic (exact) mass is 430 g/mol. The summed E-state index contributed by atoms with van der Waals surface area (Å²) in [5.74, 6) is -0.127. The zero-order valence-electron chi connectivity index (χ0n) is 16.0. The van der Waals surface area contributed by atoms with Crippen LogP contribution in [0.5, 0.6) is 0 Å². The quantitative estimate of drug-likeness (QED) is 0.643. The highest BCUT2D eigenvalue weighted by Crippen LogP contribution is 2.16. The molecule has 0 saturated heterocycles. The van der Waals surface area contributed by atoms with E-state index >= 15 is 0 Å². The number of aryl methyl sites for hydroxylation is 1. The molecular formula is C22H27BrN2O2. The van der Waals surface area contributed by atoms with Crippen LogP contribution in [0.15, 0.2) is 59.1 Å². The Hall–Kier alpha value is -2.14. The van der Waals surface area contributed by atoms with Gasteiger partial charge in [-0.05, 0) is 43.0 Å². The molecule has 0 spiro atoms. The van der Waals surface area contributed by atoms with Crippen molar-refractivity contribution in [2.75, 3.05) is 6.54 Å². The summed E-state index contributed by atoms with van der Waals surface area (Å²) >= 11 is 3.47. The molecule has 2 rings (SSSR count). The third kappa shape index (κ3) is 6.83. The number of halogens is 1. The Bertz CT molecular complexity index is 749. The third-order valence-corrected chi connectivity index (χ3v) is 4.92. The lowest BCUT2D eigenvalue weighted by Gasteiger charge is -2.29. The minimum Gasteiger partial charge on any atom is -0.354 e. The van der Waals surface area contributed by atoms with Gasteiger partial charge in [-0.25, -0.2) is 0 Å². The molecule has 5 heteroatoms. The zero-order valence-corrected chi connectivity index (χ0v) is 17.5. The summed E-state index contributed by atoms with van der Waals surface area (Å²) in [6, 6.07) is 17.3. The second-order valence-electron chi connectivity index (χ2n) is 6.60. The summed E-state index contributed by atoms with van der Waals surface area (Å²) < 4.78 is 0.958. The largest absolute Gasteiger partial charge is 0.354 e. The van der Waals surface area contributed by atoms with E-state index in [2.05, 4.69) is 21.2 Å². The number of nitrogens with zero attached hydrogens (tertiary/aromatic N) is 1. The van der Waals surface area contributed by atoms with Crippen molar-refractivity contribution in [2.24, 2.45) is 0 Å². The lowest BCUT2D eigenvalue weighted by molar-refractivity contribution is -0.140. The van der Waals surface area contributed by atoms with E-state index in [4.69, 9.17) is 0 Å². The van der Waals surface area contributed by atoms with Crippen molar-refractivity contribution in [3.63, 3.8) is 0 Å². The summed E-state index contributed by atoms with van der Waals surface area (Å²) in [7, 11) is 0. The Kier molecular flexibility index (Phi) is 8.52. The van der Waals surface area contributed by atoms with Crippen molar-refractivity contribution < 1.29 is 9.59 Å². The van der Waals surface area contributed by atoms with E-state index in [1.807, 2.05) is 61.5 Å². The number of rotatable bonds is 9. The van der Waals surface area contributed by atoms with Crippen LogP contribution in [-0.2, 0) is 22.6 Å². The van der Waals surface area contributed by atoms with E-state index in [1.54, 1.807) is 11.8 Å². The summed E-state index contributed by atoms with van der Waals surface area (Å²) in [5.41, 5.74) is 2.11. The van der Waals surface area contributed by atoms with Gasteiger partial charge in [-0.15, -0.1) is 0 Å². The minimum absolute atomic E-state index is 0.0158. The standard InChI is InChI=1S/C22H27BrN2O2/c1-3-14-24-22(27)17(2)25(16-19-10-7-11-20(23)15-19)21(26)13-12-18-8-5-4-6-9-18/h4-11,15,17H,3,12-14,16H2,1-2H3,(H,24,27)/t17-/m0/s1. The molecule has 0 aromatic heterocycles. The first kappa shape index (κ1) is 21.2. The first-order valence-electron chi connectivity index (χ1n) is 9.36. The van der Waals surface area contributed by atoms with Crippen molar-refractivity contribution in [1.29, 1.82) is 0 Å². The first-order chi connectivity index (χ1) is 13.0. The fourth-order valence-corrected chi connectivity index (χ4v) is 3.30. The van der Waals surface area contributed by atoms with E-state index in [0.717, 1.165) is 22.0 Å². The number of benzene rings is 2. The molecule has 0 aliphatic heterocycles. The Morgan fingerprint density at radius 3 is 2.44 bits per heavy atom. The topological polar surface area (TPSA) is 49.4 Å². The number of carbonyl (C=O) groups excluding carboxylic acids is 2. The van der Waals surface area contributed by atoms with Gasteiger partial charge in [0.1, 0.15) is 6.04 Å². The van der Waals surface area contributed by atoms with Crippen molar-refractivity contribution >= 4 is 27.7 Å². The Labute approximate surface area is 170 Å². The highest BCUT2D eigenvalue weighted by atomic mass is 79.9. The van der Waals surface area contributed by atoms with E-state index in [9.17, 15) is 9.59 Å². The predicted octanol–water partition coefficient (Wildman–Crippen LogP) is 4.33. The molecule has 0 aliphatic carbocycles. The average molecular weight is 431 g/mol. The number of amides is 2. The molecule has 4 nitrogen and oxygen atoms in total. The van der Waals surface area contributed by atoms with Gasteiger partial charge < -0.3 is 10.2 Å². The Balaban J connectivity index is 2.11. The minimum atomic E-state index is -0.515. The molecule has 2 aromatic rings. The molecule has 2 amide bonds. The van der Waals surface area contributed by atoms with Gasteiger partial charge in [0, 0.05) is 24.0 Å². The second-order valence-corrected chi connectivity index (χ2v) is 7.52. The van der Waals surface area contributed by atoms with Crippen LogP contribution in [0.25, 0.3) is 0 Å². The van der Waals surface area contributed by atoms with Crippen LogP contribution in [0.3, 0.4) is 0 Å². The van der Waals surface area contributed by atoms with Gasteiger partial charge >= 0.3 is 0 Å². The molecule has 0 unspecified atom stereocenters. The van der Waals surface area contributed by atoms with Crippen LogP contribution >= 0.6 is 15.9 Å². The van der Waals surface area contributed by atoms with Gasteiger partial charge in [-0.1, -0.05) is 65.3 Å². The van der Waals surface area contributed by atoms with Gasteiger partial charge in [0.05, 0.1) is 0 Å². The van der Waals surface area contributed by atoms with Gasteiger partial charge in [-0.2, -0.15) is 0 Å². The number of hydrogen-bond acceptors (Lipinski definition) is 2. The van der Waals surface area contributed by atoms with Gasteiger partial charge in [0.15, 0.2) is 0 Å². The lowest BCUT2D eigenvalue weighted by Crippen LogP contribution is -2.47. The Morgan fingerprint density at radius 2 is 1.78 bits per heavy atom. The van der Waals surface area contributed by atoms with E-state index in [1.165, 1.54) is 0 Å². The molecule has 27 heavy (non-hydrogen) atoms. The zero-order chi connectivity index (χ0) is 19.6. The van der Waals surface area contributed by atoms with Crippen LogP contribution in [0.4, 0.5) is 0 Å². The molecular weight excluding hydrogens is 404 g/mol. The van der Waals surface area contributed by atoms with Crippen molar-refractivity contribution in [3.05, 3.63) is 70.2 Å². The maximum absolute atomic E-state index is 13.0. The molecule has 1 N–H and O–H groups in total. The second kappa shape index (κ2) is 10.9. The van der Waals surface area contributed by atoms with Gasteiger partial charge in [0.2, 0.25) is 11.8 Å². The van der Waals surface area contributed by atoms with Crippen LogP contribution in [0.1, 0.15) is 37.8 Å². The summed E-state index contributed by atoms with van der Waals surface area (Å²) in [5, 5.41) is 2.90. The average Bonchev–Trinajstić information content (AvgIpc) is 2.68. The summed E-state index contributed by atoms with van der Waals surface area (Å²) in [4.78, 5) is 27.1. The molecule has 0 saturated carbocycles. The molecule has 2 aromatic carbocycles. The van der Waals surface area contributed by atoms with Crippen LogP contribution < -0.4 is 5.32 Å². The van der Waals surface area contributed by atoms with E-state index in [0.29, 0.717) is 25.9 Å².